The van der Waals surface area contributed by atoms with Crippen LogP contribution in [0.1, 0.15) is 87.1 Å². The molecule has 0 saturated carbocycles. The Morgan fingerprint density at radius 2 is 1.62 bits per heavy atom. The number of hydrogen-bond donors (Lipinski definition) is 0. The zero-order chi connectivity index (χ0) is 44.3. The Hall–Kier alpha value is -4.46. The van der Waals surface area contributed by atoms with Crippen molar-refractivity contribution in [3.63, 3.8) is 0 Å². The third kappa shape index (κ3) is 8.54. The molecule has 0 N–H and O–H groups in total. The molecule has 3 aliphatic rings. The molecule has 3 fully saturated rings. The van der Waals surface area contributed by atoms with E-state index in [4.69, 9.17) is 19.4 Å². The van der Waals surface area contributed by atoms with Crippen molar-refractivity contribution in [2.45, 2.75) is 127 Å². The van der Waals surface area contributed by atoms with Gasteiger partial charge in [0.15, 0.2) is 5.82 Å². The first-order valence-corrected chi connectivity index (χ1v) is 24.9. The SMILES string of the molecule is CC(C)[Si](C#Cc1c(F)ccc2cccc(-c3ncc4c(N5C[C@H]6CC[C@@H](C5)N6C(=O)OC(C)(C)C)nc(OC[C@@H]5C[C@@H](S(=O)(=O)F)CN5C)nc4c3F)c12)(C(C)C)C(C)C. The molecule has 0 spiro atoms. The number of fused-ring (bicyclic) bond motifs is 4. The number of amides is 1. The minimum absolute atomic E-state index is 0.00137. The molecule has 61 heavy (non-hydrogen) atoms. The van der Waals surface area contributed by atoms with Crippen LogP contribution in [-0.4, -0.2) is 110 Å². The number of nitrogens with zero attached hydrogens (tertiary/aromatic N) is 6. The van der Waals surface area contributed by atoms with Crippen molar-refractivity contribution in [1.29, 1.82) is 0 Å². The van der Waals surface area contributed by atoms with Gasteiger partial charge in [-0.15, -0.1) is 9.43 Å². The van der Waals surface area contributed by atoms with Crippen molar-refractivity contribution >= 4 is 51.9 Å². The van der Waals surface area contributed by atoms with Crippen LogP contribution in [0.3, 0.4) is 0 Å². The Balaban J connectivity index is 1.35. The number of carbonyl (C=O) groups is 1. The van der Waals surface area contributed by atoms with Crippen LogP contribution < -0.4 is 9.64 Å². The van der Waals surface area contributed by atoms with Gasteiger partial charge in [-0.3, -0.25) is 14.8 Å². The smallest absolute Gasteiger partial charge is 0.410 e. The van der Waals surface area contributed by atoms with E-state index in [1.807, 2.05) is 31.7 Å². The number of halogens is 3. The van der Waals surface area contributed by atoms with Crippen molar-refractivity contribution in [2.75, 3.05) is 38.2 Å². The quantitative estimate of drug-likeness (QED) is 0.0916. The molecule has 2 aromatic heterocycles. The van der Waals surface area contributed by atoms with E-state index in [2.05, 4.69) is 58.0 Å². The van der Waals surface area contributed by atoms with Crippen molar-refractivity contribution < 1.29 is 35.4 Å². The van der Waals surface area contributed by atoms with Crippen LogP contribution >= 0.6 is 0 Å². The highest BCUT2D eigenvalue weighted by atomic mass is 32.3. The maximum Gasteiger partial charge on any atom is 0.410 e. The summed E-state index contributed by atoms with van der Waals surface area (Å²) in [7, 11) is -5.37. The molecule has 16 heteroatoms. The number of benzene rings is 2. The summed E-state index contributed by atoms with van der Waals surface area (Å²) in [6.45, 7) is 19.3. The summed E-state index contributed by atoms with van der Waals surface area (Å²) in [5.41, 5.74) is 4.31. The average molecular weight is 879 g/mol. The highest BCUT2D eigenvalue weighted by Crippen LogP contribution is 2.42. The minimum Gasteiger partial charge on any atom is -0.462 e. The van der Waals surface area contributed by atoms with Gasteiger partial charge in [-0.25, -0.2) is 13.6 Å². The summed E-state index contributed by atoms with van der Waals surface area (Å²) >= 11 is 0. The second-order valence-electron chi connectivity index (χ2n) is 18.9. The number of rotatable bonds is 9. The molecule has 4 atom stereocenters. The van der Waals surface area contributed by atoms with E-state index in [0.717, 1.165) is 12.8 Å². The molecular formula is C45H57F3N6O5SSi. The first kappa shape index (κ1) is 44.6. The van der Waals surface area contributed by atoms with Crippen molar-refractivity contribution in [3.8, 4) is 28.7 Å². The standard InChI is InChI=1S/C45H57F3N6O5SSi/c1-26(2)61(27(3)4,28(5)6)19-18-34-37(46)17-14-29-12-11-13-35(38(29)34)40-39(47)41-36(21-49-40)42(51-43(50-41)58-25-32-20-33(24-52(32)10)60(48,56)57)53-22-30-15-16-31(23-53)54(30)44(55)59-45(7,8)9/h11-14,17,21,26-28,30-33H,15-16,20,22-25H2,1-10H3/t30-,31+,32-,33+/m0/s1. The second kappa shape index (κ2) is 16.7. The Morgan fingerprint density at radius 1 is 0.967 bits per heavy atom. The first-order chi connectivity index (χ1) is 28.6. The van der Waals surface area contributed by atoms with Crippen LogP contribution in [-0.2, 0) is 15.0 Å². The largest absolute Gasteiger partial charge is 0.462 e. The van der Waals surface area contributed by atoms with Crippen LogP contribution in [0.4, 0.5) is 23.3 Å². The number of aromatic nitrogens is 3. The fourth-order valence-electron chi connectivity index (χ4n) is 10.1. The fourth-order valence-corrected chi connectivity index (χ4v) is 16.2. The normalized spacial score (nSPS) is 21.2. The van der Waals surface area contributed by atoms with Crippen LogP contribution in [0.2, 0.25) is 16.6 Å². The average Bonchev–Trinajstić information content (AvgIpc) is 3.69. The molecule has 3 aliphatic heterocycles. The van der Waals surface area contributed by atoms with Gasteiger partial charge in [0.2, 0.25) is 0 Å². The Kier molecular flexibility index (Phi) is 12.2. The van der Waals surface area contributed by atoms with Gasteiger partial charge in [-0.2, -0.15) is 18.4 Å². The van der Waals surface area contributed by atoms with E-state index in [1.54, 1.807) is 35.0 Å². The molecule has 0 unspecified atom stereocenters. The minimum atomic E-state index is -4.77. The van der Waals surface area contributed by atoms with Gasteiger partial charge in [0.25, 0.3) is 0 Å². The predicted octanol–water partition coefficient (Wildman–Crippen LogP) is 9.03. The summed E-state index contributed by atoms with van der Waals surface area (Å²) in [6.07, 6.45) is 2.63. The monoisotopic (exact) mass is 878 g/mol. The Morgan fingerprint density at radius 3 is 2.21 bits per heavy atom. The third-order valence-electron chi connectivity index (χ3n) is 13.0. The number of piperazine rings is 1. The summed E-state index contributed by atoms with van der Waals surface area (Å²) in [5.74, 6) is 2.38. The number of ether oxygens (including phenoxy) is 2. The van der Waals surface area contributed by atoms with E-state index in [-0.39, 0.29) is 60.5 Å². The molecule has 5 heterocycles. The summed E-state index contributed by atoms with van der Waals surface area (Å²) in [6, 6.07) is 7.36. The highest BCUT2D eigenvalue weighted by Gasteiger charge is 2.46. The number of likely N-dealkylation sites (N-methyl/N-ethyl adjacent to an activating group) is 1. The summed E-state index contributed by atoms with van der Waals surface area (Å²) < 4.78 is 82.9. The molecule has 4 aromatic rings. The Bertz CT molecular complexity index is 2490. The maximum absolute atomic E-state index is 17.5. The number of carbonyl (C=O) groups excluding carboxylic acids is 1. The lowest BCUT2D eigenvalue weighted by Crippen LogP contribution is -2.57. The molecular weight excluding hydrogens is 822 g/mol. The molecule has 328 valence electrons. The van der Waals surface area contributed by atoms with Crippen molar-refractivity contribution in [3.05, 3.63) is 53.7 Å². The molecule has 0 aliphatic carbocycles. The lowest BCUT2D eigenvalue weighted by Gasteiger charge is -2.42. The molecule has 7 rings (SSSR count). The van der Waals surface area contributed by atoms with E-state index in [9.17, 15) is 17.1 Å². The molecule has 11 nitrogen and oxygen atoms in total. The molecule has 1 amide bonds. The highest BCUT2D eigenvalue weighted by molar-refractivity contribution is 7.87. The van der Waals surface area contributed by atoms with Gasteiger partial charge in [-0.05, 0) is 75.2 Å². The van der Waals surface area contributed by atoms with E-state index < -0.39 is 46.8 Å². The van der Waals surface area contributed by atoms with Gasteiger partial charge in [0, 0.05) is 42.8 Å². The first-order valence-electron chi connectivity index (χ1n) is 21.2. The maximum atomic E-state index is 17.5. The zero-order valence-electron chi connectivity index (χ0n) is 36.7. The van der Waals surface area contributed by atoms with Crippen molar-refractivity contribution in [2.24, 2.45) is 0 Å². The number of likely N-dealkylation sites (tertiary alicyclic amines) is 1. The predicted molar refractivity (Wildman–Crippen MR) is 236 cm³/mol. The van der Waals surface area contributed by atoms with E-state index in [1.165, 1.54) is 12.3 Å². The van der Waals surface area contributed by atoms with Crippen LogP contribution in [0.15, 0.2) is 36.5 Å². The van der Waals surface area contributed by atoms with Gasteiger partial charge < -0.3 is 14.4 Å². The van der Waals surface area contributed by atoms with Gasteiger partial charge in [0.05, 0.1) is 23.0 Å². The molecule has 2 aromatic carbocycles. The van der Waals surface area contributed by atoms with Crippen LogP contribution in [0.5, 0.6) is 6.01 Å². The van der Waals surface area contributed by atoms with Gasteiger partial charge in [-0.1, -0.05) is 71.7 Å². The third-order valence-corrected chi connectivity index (χ3v) is 20.4. The van der Waals surface area contributed by atoms with Crippen LogP contribution in [0.25, 0.3) is 32.9 Å². The number of hydrogen-bond acceptors (Lipinski definition) is 10. The summed E-state index contributed by atoms with van der Waals surface area (Å²) in [4.78, 5) is 32.9. The topological polar surface area (TPSA) is 118 Å². The molecule has 2 bridgehead atoms. The van der Waals surface area contributed by atoms with Gasteiger partial charge in [0.1, 0.15) is 48.4 Å². The summed E-state index contributed by atoms with van der Waals surface area (Å²) in [5, 5.41) is 0.243. The Labute approximate surface area is 358 Å². The van der Waals surface area contributed by atoms with E-state index >= 15 is 8.78 Å². The van der Waals surface area contributed by atoms with E-state index in [0.29, 0.717) is 57.3 Å². The fraction of sp³-hybridized carbons (Fsp3) is 0.556. The zero-order valence-corrected chi connectivity index (χ0v) is 38.5. The van der Waals surface area contributed by atoms with Crippen molar-refractivity contribution in [1.82, 2.24) is 24.8 Å². The molecule has 3 saturated heterocycles. The number of anilines is 1. The lowest BCUT2D eigenvalue weighted by atomic mass is 9.96. The molecule has 0 radical (unpaired) electrons. The van der Waals surface area contributed by atoms with Gasteiger partial charge >= 0.3 is 22.3 Å². The lowest BCUT2D eigenvalue weighted by molar-refractivity contribution is 0.0122. The van der Waals surface area contributed by atoms with Crippen LogP contribution in [0, 0.1) is 23.1 Å². The number of pyridine rings is 1. The second-order valence-corrected chi connectivity index (χ2v) is 26.1.